The van der Waals surface area contributed by atoms with Gasteiger partial charge in [0.15, 0.2) is 0 Å². The molecule has 0 spiro atoms. The molecular weight excluding hydrogens is 286 g/mol. The van der Waals surface area contributed by atoms with Gasteiger partial charge in [0.05, 0.1) is 12.5 Å². The van der Waals surface area contributed by atoms with Crippen LogP contribution in [0.25, 0.3) is 0 Å². The lowest BCUT2D eigenvalue weighted by atomic mass is 10.0. The molecule has 3 nitrogen and oxygen atoms in total. The third kappa shape index (κ3) is 6.06. The number of benzene rings is 1. The molecule has 0 aliphatic heterocycles. The quantitative estimate of drug-likeness (QED) is 0.834. The lowest BCUT2D eigenvalue weighted by Gasteiger charge is -2.31. The zero-order chi connectivity index (χ0) is 16.0. The van der Waals surface area contributed by atoms with Crippen molar-refractivity contribution in [1.29, 1.82) is 0 Å². The third-order valence-electron chi connectivity index (χ3n) is 3.49. The Morgan fingerprint density at radius 2 is 1.67 bits per heavy atom. The summed E-state index contributed by atoms with van der Waals surface area (Å²) in [6.07, 6.45) is 0.907. The molecule has 0 unspecified atom stereocenters. The van der Waals surface area contributed by atoms with Crippen LogP contribution in [-0.4, -0.2) is 34.1 Å². The average molecular weight is 312 g/mol. The van der Waals surface area contributed by atoms with Crippen molar-refractivity contribution < 1.29 is 9.90 Å². The van der Waals surface area contributed by atoms with Crippen molar-refractivity contribution in [2.45, 2.75) is 65.1 Å². The minimum absolute atomic E-state index is 0.0172. The molecule has 0 bridgehead atoms. The number of aliphatic hydroxyl groups is 1. The Bertz CT molecular complexity index is 435. The summed E-state index contributed by atoms with van der Waals surface area (Å²) in [5.74, 6) is 0.0172. The van der Waals surface area contributed by atoms with Crippen LogP contribution >= 0.6 is 11.6 Å². The normalized spacial score (nSPS) is 12.8. The molecule has 0 saturated carbocycles. The van der Waals surface area contributed by atoms with E-state index >= 15 is 0 Å². The molecule has 21 heavy (non-hydrogen) atoms. The molecule has 1 rings (SSSR count). The van der Waals surface area contributed by atoms with Crippen LogP contribution in [0.5, 0.6) is 0 Å². The number of carbonyl (C=O) groups is 1. The standard InChI is InChI=1S/C17H26ClNO2/c1-12(2)19(13(3)4)17(21)11-16(20)10-7-14-5-8-15(18)9-6-14/h5-6,8-9,12-13,16,20H,7,10-11H2,1-4H3/t16-/m1/s1. The number of amides is 1. The minimum Gasteiger partial charge on any atom is -0.393 e. The minimum atomic E-state index is -0.604. The highest BCUT2D eigenvalue weighted by Gasteiger charge is 2.22. The van der Waals surface area contributed by atoms with Crippen LogP contribution in [0.3, 0.4) is 0 Å². The first-order valence-electron chi connectivity index (χ1n) is 7.55. The predicted octanol–water partition coefficient (Wildman–Crippen LogP) is 3.67. The molecule has 1 aromatic rings. The molecular formula is C17H26ClNO2. The second kappa shape index (κ2) is 8.40. The molecule has 0 saturated heterocycles. The number of hydrogen-bond donors (Lipinski definition) is 1. The van der Waals surface area contributed by atoms with Gasteiger partial charge in [-0.05, 0) is 58.2 Å². The van der Waals surface area contributed by atoms with Crippen LogP contribution in [0, 0.1) is 0 Å². The number of rotatable bonds is 7. The van der Waals surface area contributed by atoms with Gasteiger partial charge in [-0.1, -0.05) is 23.7 Å². The highest BCUT2D eigenvalue weighted by atomic mass is 35.5. The van der Waals surface area contributed by atoms with Crippen LogP contribution in [0.2, 0.25) is 5.02 Å². The second-order valence-corrected chi connectivity index (χ2v) is 6.45. The van der Waals surface area contributed by atoms with Crippen molar-refractivity contribution >= 4 is 17.5 Å². The summed E-state index contributed by atoms with van der Waals surface area (Å²) in [6.45, 7) is 7.99. The first kappa shape index (κ1) is 18.0. The molecule has 0 aromatic heterocycles. The van der Waals surface area contributed by atoms with Gasteiger partial charge in [-0.3, -0.25) is 4.79 Å². The second-order valence-electron chi connectivity index (χ2n) is 6.01. The molecule has 118 valence electrons. The number of halogens is 1. The number of carbonyl (C=O) groups excluding carboxylic acids is 1. The summed E-state index contributed by atoms with van der Waals surface area (Å²) < 4.78 is 0. The fraction of sp³-hybridized carbons (Fsp3) is 0.588. The lowest BCUT2D eigenvalue weighted by Crippen LogP contribution is -2.43. The van der Waals surface area contributed by atoms with Gasteiger partial charge in [-0.2, -0.15) is 0 Å². The van der Waals surface area contributed by atoms with E-state index in [-0.39, 0.29) is 24.4 Å². The number of nitrogens with zero attached hydrogens (tertiary/aromatic N) is 1. The van der Waals surface area contributed by atoms with Gasteiger partial charge in [0.25, 0.3) is 0 Å². The topological polar surface area (TPSA) is 40.5 Å². The number of aryl methyl sites for hydroxylation is 1. The van der Waals surface area contributed by atoms with E-state index in [0.717, 1.165) is 12.0 Å². The highest BCUT2D eigenvalue weighted by molar-refractivity contribution is 6.30. The maximum atomic E-state index is 12.2. The molecule has 0 aliphatic rings. The zero-order valence-electron chi connectivity index (χ0n) is 13.3. The SMILES string of the molecule is CC(C)N(C(=O)C[C@H](O)CCc1ccc(Cl)cc1)C(C)C. The summed E-state index contributed by atoms with van der Waals surface area (Å²) in [5, 5.41) is 10.8. The Balaban J connectivity index is 2.47. The average Bonchev–Trinajstić information content (AvgIpc) is 2.37. The van der Waals surface area contributed by atoms with E-state index < -0.39 is 6.10 Å². The molecule has 1 amide bonds. The van der Waals surface area contributed by atoms with E-state index in [1.165, 1.54) is 0 Å². The summed E-state index contributed by atoms with van der Waals surface area (Å²) in [6, 6.07) is 7.89. The summed E-state index contributed by atoms with van der Waals surface area (Å²) in [5.41, 5.74) is 1.12. The van der Waals surface area contributed by atoms with E-state index in [0.29, 0.717) is 11.4 Å². The summed E-state index contributed by atoms with van der Waals surface area (Å²) >= 11 is 5.84. The fourth-order valence-electron chi connectivity index (χ4n) is 2.57. The van der Waals surface area contributed by atoms with Crippen molar-refractivity contribution in [3.8, 4) is 0 Å². The monoisotopic (exact) mass is 311 g/mol. The maximum Gasteiger partial charge on any atom is 0.225 e. The molecule has 4 heteroatoms. The van der Waals surface area contributed by atoms with Crippen molar-refractivity contribution in [3.05, 3.63) is 34.9 Å². The van der Waals surface area contributed by atoms with Gasteiger partial charge in [-0.15, -0.1) is 0 Å². The van der Waals surface area contributed by atoms with E-state index in [1.807, 2.05) is 56.9 Å². The Kier molecular flexibility index (Phi) is 7.20. The molecule has 1 N–H and O–H groups in total. The van der Waals surface area contributed by atoms with Crippen LogP contribution < -0.4 is 0 Å². The number of hydrogen-bond acceptors (Lipinski definition) is 2. The van der Waals surface area contributed by atoms with Gasteiger partial charge < -0.3 is 10.0 Å². The van der Waals surface area contributed by atoms with Crippen LogP contribution in [0.4, 0.5) is 0 Å². The smallest absolute Gasteiger partial charge is 0.225 e. The predicted molar refractivity (Wildman–Crippen MR) is 87.5 cm³/mol. The molecule has 0 fully saturated rings. The van der Waals surface area contributed by atoms with Gasteiger partial charge in [0.1, 0.15) is 0 Å². The van der Waals surface area contributed by atoms with E-state index in [2.05, 4.69) is 0 Å². The van der Waals surface area contributed by atoms with Crippen LogP contribution in [0.15, 0.2) is 24.3 Å². The van der Waals surface area contributed by atoms with Crippen LogP contribution in [0.1, 0.15) is 46.1 Å². The lowest BCUT2D eigenvalue weighted by molar-refractivity contribution is -0.136. The van der Waals surface area contributed by atoms with Crippen molar-refractivity contribution in [2.24, 2.45) is 0 Å². The Morgan fingerprint density at radius 1 is 1.14 bits per heavy atom. The molecule has 0 radical (unpaired) electrons. The first-order valence-corrected chi connectivity index (χ1v) is 7.92. The largest absolute Gasteiger partial charge is 0.393 e. The fourth-order valence-corrected chi connectivity index (χ4v) is 2.69. The van der Waals surface area contributed by atoms with E-state index in [9.17, 15) is 9.90 Å². The molecule has 0 heterocycles. The Hall–Kier alpha value is -1.06. The highest BCUT2D eigenvalue weighted by Crippen LogP contribution is 2.14. The van der Waals surface area contributed by atoms with Crippen molar-refractivity contribution in [2.75, 3.05) is 0 Å². The Morgan fingerprint density at radius 3 is 2.14 bits per heavy atom. The van der Waals surface area contributed by atoms with Crippen molar-refractivity contribution in [1.82, 2.24) is 4.90 Å². The molecule has 1 aromatic carbocycles. The van der Waals surface area contributed by atoms with Gasteiger partial charge in [-0.25, -0.2) is 0 Å². The summed E-state index contributed by atoms with van der Waals surface area (Å²) in [7, 11) is 0. The molecule has 1 atom stereocenters. The van der Waals surface area contributed by atoms with Crippen LogP contribution in [-0.2, 0) is 11.2 Å². The summed E-state index contributed by atoms with van der Waals surface area (Å²) in [4.78, 5) is 14.1. The van der Waals surface area contributed by atoms with Crippen molar-refractivity contribution in [3.63, 3.8) is 0 Å². The first-order chi connectivity index (χ1) is 9.81. The molecule has 0 aliphatic carbocycles. The van der Waals surface area contributed by atoms with Gasteiger partial charge >= 0.3 is 0 Å². The van der Waals surface area contributed by atoms with E-state index in [4.69, 9.17) is 11.6 Å². The van der Waals surface area contributed by atoms with Gasteiger partial charge in [0, 0.05) is 17.1 Å². The van der Waals surface area contributed by atoms with Gasteiger partial charge in [0.2, 0.25) is 5.91 Å². The van der Waals surface area contributed by atoms with E-state index in [1.54, 1.807) is 0 Å². The zero-order valence-corrected chi connectivity index (χ0v) is 14.1. The third-order valence-corrected chi connectivity index (χ3v) is 3.74. The Labute approximate surface area is 132 Å². The maximum absolute atomic E-state index is 12.2. The number of aliphatic hydroxyl groups excluding tert-OH is 1.